The Labute approximate surface area is 92.7 Å². The quantitative estimate of drug-likeness (QED) is 0.774. The molecule has 0 aromatic carbocycles. The van der Waals surface area contributed by atoms with E-state index in [2.05, 4.69) is 32.7 Å². The van der Waals surface area contributed by atoms with Crippen LogP contribution >= 0.6 is 27.3 Å². The Morgan fingerprint density at radius 2 is 2.23 bits per heavy atom. The Bertz CT molecular complexity index is 235. The SMILES string of the molecule is CNCCCCCc1sccc1Br. The van der Waals surface area contributed by atoms with Gasteiger partial charge in [0.2, 0.25) is 0 Å². The minimum absolute atomic E-state index is 1.14. The minimum atomic E-state index is 1.14. The van der Waals surface area contributed by atoms with E-state index in [1.54, 1.807) is 0 Å². The van der Waals surface area contributed by atoms with E-state index in [0.29, 0.717) is 0 Å². The van der Waals surface area contributed by atoms with Gasteiger partial charge in [0, 0.05) is 9.35 Å². The van der Waals surface area contributed by atoms with E-state index in [1.807, 2.05) is 18.4 Å². The van der Waals surface area contributed by atoms with Gasteiger partial charge in [-0.25, -0.2) is 0 Å². The number of unbranched alkanes of at least 4 members (excludes halogenated alkanes) is 2. The van der Waals surface area contributed by atoms with Crippen molar-refractivity contribution in [2.24, 2.45) is 0 Å². The highest BCUT2D eigenvalue weighted by atomic mass is 79.9. The van der Waals surface area contributed by atoms with Crippen molar-refractivity contribution in [2.75, 3.05) is 13.6 Å². The monoisotopic (exact) mass is 261 g/mol. The first-order chi connectivity index (χ1) is 6.34. The highest BCUT2D eigenvalue weighted by Crippen LogP contribution is 2.24. The summed E-state index contributed by atoms with van der Waals surface area (Å²) in [5.74, 6) is 0. The van der Waals surface area contributed by atoms with Crippen LogP contribution < -0.4 is 5.32 Å². The second-order valence-electron chi connectivity index (χ2n) is 3.11. The molecule has 1 rings (SSSR count). The molecule has 1 aromatic rings. The van der Waals surface area contributed by atoms with E-state index in [1.165, 1.54) is 35.0 Å². The fourth-order valence-corrected chi connectivity index (χ4v) is 2.86. The number of nitrogens with one attached hydrogen (secondary N) is 1. The molecule has 0 aliphatic carbocycles. The first kappa shape index (κ1) is 11.2. The lowest BCUT2D eigenvalue weighted by molar-refractivity contribution is 0.644. The predicted octanol–water partition coefficient (Wildman–Crippen LogP) is 3.44. The van der Waals surface area contributed by atoms with E-state index in [4.69, 9.17) is 0 Å². The van der Waals surface area contributed by atoms with Gasteiger partial charge in [0.1, 0.15) is 0 Å². The summed E-state index contributed by atoms with van der Waals surface area (Å²) in [6, 6.07) is 2.13. The summed E-state index contributed by atoms with van der Waals surface area (Å²) in [5, 5.41) is 5.31. The van der Waals surface area contributed by atoms with Crippen LogP contribution in [0.1, 0.15) is 24.1 Å². The molecule has 0 aliphatic rings. The third kappa shape index (κ3) is 4.25. The molecule has 0 amide bonds. The number of hydrogen-bond acceptors (Lipinski definition) is 2. The predicted molar refractivity (Wildman–Crippen MR) is 63.5 cm³/mol. The molecule has 0 radical (unpaired) electrons. The van der Waals surface area contributed by atoms with Crippen LogP contribution in [0.4, 0.5) is 0 Å². The highest BCUT2D eigenvalue weighted by Gasteiger charge is 1.99. The van der Waals surface area contributed by atoms with Crippen LogP contribution in [-0.2, 0) is 6.42 Å². The topological polar surface area (TPSA) is 12.0 Å². The van der Waals surface area contributed by atoms with Gasteiger partial charge in [-0.1, -0.05) is 6.42 Å². The van der Waals surface area contributed by atoms with Crippen LogP contribution in [0.3, 0.4) is 0 Å². The van der Waals surface area contributed by atoms with Crippen molar-refractivity contribution in [3.63, 3.8) is 0 Å². The Morgan fingerprint density at radius 3 is 2.85 bits per heavy atom. The normalized spacial score (nSPS) is 10.6. The Balaban J connectivity index is 2.10. The van der Waals surface area contributed by atoms with E-state index < -0.39 is 0 Å². The summed E-state index contributed by atoms with van der Waals surface area (Å²) >= 11 is 5.40. The lowest BCUT2D eigenvalue weighted by Gasteiger charge is -1.99. The zero-order valence-electron chi connectivity index (χ0n) is 7.98. The van der Waals surface area contributed by atoms with Gasteiger partial charge < -0.3 is 5.32 Å². The standard InChI is InChI=1S/C10H16BrNS/c1-12-7-4-2-3-5-10-9(11)6-8-13-10/h6,8,12H,2-5,7H2,1H3. The van der Waals surface area contributed by atoms with Gasteiger partial charge >= 0.3 is 0 Å². The summed E-state index contributed by atoms with van der Waals surface area (Å²) in [7, 11) is 2.01. The maximum absolute atomic E-state index is 3.55. The van der Waals surface area contributed by atoms with Gasteiger partial charge in [0.05, 0.1) is 0 Å². The van der Waals surface area contributed by atoms with Gasteiger partial charge in [-0.2, -0.15) is 0 Å². The summed E-state index contributed by atoms with van der Waals surface area (Å²) in [4.78, 5) is 1.49. The fourth-order valence-electron chi connectivity index (χ4n) is 1.27. The number of halogens is 1. The van der Waals surface area contributed by atoms with Crippen molar-refractivity contribution in [3.05, 3.63) is 20.8 Å². The van der Waals surface area contributed by atoms with Crippen molar-refractivity contribution in [1.29, 1.82) is 0 Å². The summed E-state index contributed by atoms with van der Waals surface area (Å²) in [5.41, 5.74) is 0. The van der Waals surface area contributed by atoms with E-state index >= 15 is 0 Å². The maximum Gasteiger partial charge on any atom is 0.0314 e. The van der Waals surface area contributed by atoms with Gasteiger partial charge in [0.25, 0.3) is 0 Å². The Kier molecular flexibility index (Phi) is 5.67. The summed E-state index contributed by atoms with van der Waals surface area (Å²) in [6.07, 6.45) is 5.15. The van der Waals surface area contributed by atoms with Crippen molar-refractivity contribution >= 4 is 27.3 Å². The van der Waals surface area contributed by atoms with Crippen molar-refractivity contribution in [1.82, 2.24) is 5.32 Å². The number of aryl methyl sites for hydroxylation is 1. The Hall–Kier alpha value is 0.140. The maximum atomic E-state index is 3.55. The molecule has 74 valence electrons. The average molecular weight is 262 g/mol. The molecule has 0 aliphatic heterocycles. The number of rotatable bonds is 6. The van der Waals surface area contributed by atoms with Crippen LogP contribution in [0, 0.1) is 0 Å². The van der Waals surface area contributed by atoms with E-state index in [-0.39, 0.29) is 0 Å². The third-order valence-corrected chi connectivity index (χ3v) is 4.01. The molecule has 0 fully saturated rings. The molecule has 0 bridgehead atoms. The summed E-state index contributed by atoms with van der Waals surface area (Å²) < 4.78 is 1.28. The molecule has 0 saturated heterocycles. The van der Waals surface area contributed by atoms with Crippen LogP contribution in [0.25, 0.3) is 0 Å². The first-order valence-electron chi connectivity index (χ1n) is 4.71. The molecule has 1 heterocycles. The first-order valence-corrected chi connectivity index (χ1v) is 6.38. The second-order valence-corrected chi connectivity index (χ2v) is 4.96. The lowest BCUT2D eigenvalue weighted by atomic mass is 10.2. The van der Waals surface area contributed by atoms with Gasteiger partial charge in [-0.05, 0) is 60.2 Å². The smallest absolute Gasteiger partial charge is 0.0314 e. The van der Waals surface area contributed by atoms with Crippen molar-refractivity contribution < 1.29 is 0 Å². The molecular weight excluding hydrogens is 246 g/mol. The lowest BCUT2D eigenvalue weighted by Crippen LogP contribution is -2.07. The van der Waals surface area contributed by atoms with Gasteiger partial charge in [-0.3, -0.25) is 0 Å². The number of thiophene rings is 1. The minimum Gasteiger partial charge on any atom is -0.320 e. The molecule has 0 unspecified atom stereocenters. The van der Waals surface area contributed by atoms with Crippen molar-refractivity contribution in [2.45, 2.75) is 25.7 Å². The number of hydrogen-bond donors (Lipinski definition) is 1. The molecular formula is C10H16BrNS. The fraction of sp³-hybridized carbons (Fsp3) is 0.600. The zero-order chi connectivity index (χ0) is 9.52. The van der Waals surface area contributed by atoms with E-state index in [0.717, 1.165) is 6.54 Å². The molecule has 0 atom stereocenters. The third-order valence-electron chi connectivity index (χ3n) is 2.02. The Morgan fingerprint density at radius 1 is 1.38 bits per heavy atom. The largest absolute Gasteiger partial charge is 0.320 e. The van der Waals surface area contributed by atoms with Gasteiger partial charge in [-0.15, -0.1) is 11.3 Å². The summed E-state index contributed by atoms with van der Waals surface area (Å²) in [6.45, 7) is 1.14. The van der Waals surface area contributed by atoms with Crippen molar-refractivity contribution in [3.8, 4) is 0 Å². The molecule has 1 nitrogen and oxygen atoms in total. The molecule has 13 heavy (non-hydrogen) atoms. The molecule has 0 spiro atoms. The molecule has 0 saturated carbocycles. The molecule has 1 N–H and O–H groups in total. The second kappa shape index (κ2) is 6.57. The van der Waals surface area contributed by atoms with Crippen LogP contribution in [0.5, 0.6) is 0 Å². The molecule has 1 aromatic heterocycles. The zero-order valence-corrected chi connectivity index (χ0v) is 10.4. The van der Waals surface area contributed by atoms with Crippen LogP contribution in [0.2, 0.25) is 0 Å². The molecule has 3 heteroatoms. The average Bonchev–Trinajstić information content (AvgIpc) is 2.52. The van der Waals surface area contributed by atoms with Gasteiger partial charge in [0.15, 0.2) is 0 Å². The van der Waals surface area contributed by atoms with E-state index in [9.17, 15) is 0 Å². The van der Waals surface area contributed by atoms with Crippen LogP contribution in [-0.4, -0.2) is 13.6 Å². The highest BCUT2D eigenvalue weighted by molar-refractivity contribution is 9.10. The van der Waals surface area contributed by atoms with Crippen LogP contribution in [0.15, 0.2) is 15.9 Å².